The van der Waals surface area contributed by atoms with Gasteiger partial charge in [0.25, 0.3) is 17.9 Å². The second-order valence-electron chi connectivity index (χ2n) is 7.26. The van der Waals surface area contributed by atoms with Gasteiger partial charge in [0.15, 0.2) is 0 Å². The minimum atomic E-state index is -3.85. The van der Waals surface area contributed by atoms with E-state index in [0.29, 0.717) is 13.0 Å². The maximum absolute atomic E-state index is 11.6. The maximum atomic E-state index is 11.6. The van der Waals surface area contributed by atoms with Crippen molar-refractivity contribution in [2.75, 3.05) is 5.75 Å². The summed E-state index contributed by atoms with van der Waals surface area (Å²) in [4.78, 5) is 34.7. The van der Waals surface area contributed by atoms with Crippen LogP contribution in [0.15, 0.2) is 18.2 Å². The molecular formula is C19H28O8SSi2. The Morgan fingerprint density at radius 3 is 2.23 bits per heavy atom. The Kier molecular flexibility index (Phi) is 8.53. The van der Waals surface area contributed by atoms with Crippen LogP contribution in [-0.2, 0) is 45.1 Å². The van der Waals surface area contributed by atoms with Crippen LogP contribution in [0.1, 0.15) is 38.3 Å². The topological polar surface area (TPSA) is 97.4 Å². The number of rotatable bonds is 9. The van der Waals surface area contributed by atoms with Crippen LogP contribution in [-0.4, -0.2) is 41.0 Å². The lowest BCUT2D eigenvalue weighted by Crippen LogP contribution is -2.49. The van der Waals surface area contributed by atoms with Gasteiger partial charge in [-0.05, 0) is 42.8 Å². The van der Waals surface area contributed by atoms with Gasteiger partial charge in [-0.2, -0.15) is 12.6 Å². The number of benzene rings is 1. The molecule has 0 amide bonds. The standard InChI is InChI=1S/C19H28O8SSi2/c1-14(20)24-30(25-15(2)21,26-16(3)22)11-8-17-6-7-19-18(12-17)13-23-29(4,27-19)10-5-9-28/h6-7,12,28H,5,8-11,13H2,1-4H3. The summed E-state index contributed by atoms with van der Waals surface area (Å²) in [7, 11) is -6.10. The molecule has 0 aliphatic carbocycles. The number of thiol groups is 1. The molecule has 1 unspecified atom stereocenters. The van der Waals surface area contributed by atoms with Crippen molar-refractivity contribution in [3.05, 3.63) is 29.3 Å². The number of hydrogen-bond donors (Lipinski definition) is 1. The van der Waals surface area contributed by atoms with Gasteiger partial charge in [-0.15, -0.1) is 0 Å². The van der Waals surface area contributed by atoms with Crippen molar-refractivity contribution in [2.24, 2.45) is 0 Å². The first-order chi connectivity index (χ1) is 14.1. The second-order valence-corrected chi connectivity index (χ2v) is 13.4. The van der Waals surface area contributed by atoms with E-state index in [4.69, 9.17) is 22.1 Å². The van der Waals surface area contributed by atoms with E-state index in [0.717, 1.165) is 35.1 Å². The second kappa shape index (κ2) is 10.5. The zero-order chi connectivity index (χ0) is 22.4. The quantitative estimate of drug-likeness (QED) is 0.432. The Morgan fingerprint density at radius 1 is 1.10 bits per heavy atom. The molecule has 0 N–H and O–H groups in total. The summed E-state index contributed by atoms with van der Waals surface area (Å²) in [5.74, 6) is -0.438. The van der Waals surface area contributed by atoms with E-state index < -0.39 is 35.3 Å². The monoisotopic (exact) mass is 472 g/mol. The minimum absolute atomic E-state index is 0.0840. The number of carbonyl (C=O) groups excluding carboxylic acids is 3. The van der Waals surface area contributed by atoms with Crippen molar-refractivity contribution in [3.63, 3.8) is 0 Å². The Bertz CT molecular complexity index is 762. The van der Waals surface area contributed by atoms with Crippen LogP contribution in [0.3, 0.4) is 0 Å². The number of aryl methyl sites for hydroxylation is 1. The third kappa shape index (κ3) is 7.15. The van der Waals surface area contributed by atoms with E-state index >= 15 is 0 Å². The number of fused-ring (bicyclic) bond motifs is 1. The smallest absolute Gasteiger partial charge is 0.520 e. The molecule has 0 spiro atoms. The van der Waals surface area contributed by atoms with Crippen LogP contribution < -0.4 is 4.43 Å². The van der Waals surface area contributed by atoms with Gasteiger partial charge in [0.1, 0.15) is 5.75 Å². The van der Waals surface area contributed by atoms with E-state index in [1.54, 1.807) is 0 Å². The predicted molar refractivity (Wildman–Crippen MR) is 116 cm³/mol. The van der Waals surface area contributed by atoms with Crippen molar-refractivity contribution in [3.8, 4) is 5.75 Å². The van der Waals surface area contributed by atoms with Gasteiger partial charge < -0.3 is 22.1 Å². The van der Waals surface area contributed by atoms with Gasteiger partial charge in [0.2, 0.25) is 0 Å². The highest BCUT2D eigenvalue weighted by atomic mass is 32.1. The number of carbonyl (C=O) groups is 3. The summed E-state index contributed by atoms with van der Waals surface area (Å²) in [5, 5.41) is 0. The molecule has 0 fully saturated rings. The first-order valence-corrected chi connectivity index (χ1v) is 14.8. The predicted octanol–water partition coefficient (Wildman–Crippen LogP) is 3.16. The molecular weight excluding hydrogens is 444 g/mol. The maximum Gasteiger partial charge on any atom is 0.705 e. The lowest BCUT2D eigenvalue weighted by atomic mass is 10.1. The van der Waals surface area contributed by atoms with Crippen LogP contribution in [0.25, 0.3) is 0 Å². The average Bonchev–Trinajstić information content (AvgIpc) is 2.63. The normalized spacial score (nSPS) is 18.0. The molecule has 1 atom stereocenters. The fraction of sp³-hybridized carbons (Fsp3) is 0.526. The van der Waals surface area contributed by atoms with Crippen LogP contribution in [0, 0.1) is 0 Å². The van der Waals surface area contributed by atoms with Crippen LogP contribution >= 0.6 is 12.6 Å². The molecule has 1 aliphatic heterocycles. The lowest BCUT2D eigenvalue weighted by Gasteiger charge is -2.33. The number of hydrogen-bond acceptors (Lipinski definition) is 9. The van der Waals surface area contributed by atoms with Crippen molar-refractivity contribution in [1.29, 1.82) is 0 Å². The molecule has 1 aromatic rings. The first kappa shape index (κ1) is 24.4. The molecule has 166 valence electrons. The summed E-state index contributed by atoms with van der Waals surface area (Å²) in [5.41, 5.74) is 1.81. The highest BCUT2D eigenvalue weighted by Gasteiger charge is 2.51. The van der Waals surface area contributed by atoms with Gasteiger partial charge in [-0.1, -0.05) is 6.07 Å². The lowest BCUT2D eigenvalue weighted by molar-refractivity contribution is -0.147. The Labute approximate surface area is 184 Å². The Balaban J connectivity index is 2.15. The van der Waals surface area contributed by atoms with Crippen molar-refractivity contribution >= 4 is 47.9 Å². The van der Waals surface area contributed by atoms with Gasteiger partial charge in [0.05, 0.1) is 12.7 Å². The third-order valence-electron chi connectivity index (χ3n) is 4.39. The van der Waals surface area contributed by atoms with Gasteiger partial charge in [-0.25, -0.2) is 0 Å². The van der Waals surface area contributed by atoms with Gasteiger partial charge in [-0.3, -0.25) is 14.4 Å². The SMILES string of the molecule is CC(=O)O[Si](CCc1ccc2c(c1)CO[Si](C)(CCCS)O2)(OC(C)=O)OC(C)=O. The zero-order valence-electron chi connectivity index (χ0n) is 17.7. The summed E-state index contributed by atoms with van der Waals surface area (Å²) in [6.07, 6.45) is 1.32. The molecule has 0 aromatic heterocycles. The highest BCUT2D eigenvalue weighted by Crippen LogP contribution is 2.33. The van der Waals surface area contributed by atoms with Crippen molar-refractivity contribution < 1.29 is 36.5 Å². The molecule has 1 aliphatic rings. The molecule has 30 heavy (non-hydrogen) atoms. The molecule has 0 radical (unpaired) electrons. The third-order valence-corrected chi connectivity index (χ3v) is 10.0. The summed E-state index contributed by atoms with van der Waals surface area (Å²) >= 11 is 4.26. The summed E-state index contributed by atoms with van der Waals surface area (Å²) in [6.45, 7) is 6.04. The van der Waals surface area contributed by atoms with Crippen LogP contribution in [0.2, 0.25) is 18.6 Å². The summed E-state index contributed by atoms with van der Waals surface area (Å²) < 4.78 is 27.9. The molecule has 11 heteroatoms. The first-order valence-electron chi connectivity index (χ1n) is 9.71. The fourth-order valence-electron chi connectivity index (χ4n) is 3.19. The molecule has 0 saturated heterocycles. The Morgan fingerprint density at radius 2 is 1.70 bits per heavy atom. The Hall–Kier alpha value is -1.83. The van der Waals surface area contributed by atoms with E-state index in [1.165, 1.54) is 20.8 Å². The van der Waals surface area contributed by atoms with Crippen LogP contribution in [0.5, 0.6) is 5.75 Å². The fourth-order valence-corrected chi connectivity index (χ4v) is 8.23. The molecule has 0 saturated carbocycles. The van der Waals surface area contributed by atoms with Gasteiger partial charge in [0, 0.05) is 32.4 Å². The molecule has 1 aromatic carbocycles. The van der Waals surface area contributed by atoms with Crippen molar-refractivity contribution in [1.82, 2.24) is 0 Å². The van der Waals surface area contributed by atoms with Crippen LogP contribution in [0.4, 0.5) is 0 Å². The van der Waals surface area contributed by atoms with E-state index in [9.17, 15) is 14.4 Å². The largest absolute Gasteiger partial charge is 0.705 e. The highest BCUT2D eigenvalue weighted by molar-refractivity contribution is 7.80. The van der Waals surface area contributed by atoms with E-state index in [-0.39, 0.29) is 6.04 Å². The molecule has 8 nitrogen and oxygen atoms in total. The zero-order valence-corrected chi connectivity index (χ0v) is 20.6. The molecule has 1 heterocycles. The average molecular weight is 473 g/mol. The summed E-state index contributed by atoms with van der Waals surface area (Å²) in [6, 6.07) is 6.69. The van der Waals surface area contributed by atoms with Crippen molar-refractivity contribution in [2.45, 2.75) is 58.9 Å². The van der Waals surface area contributed by atoms with E-state index in [2.05, 4.69) is 12.6 Å². The minimum Gasteiger partial charge on any atom is -0.520 e. The molecule has 2 rings (SSSR count). The van der Waals surface area contributed by atoms with E-state index in [1.807, 2.05) is 24.7 Å². The van der Waals surface area contributed by atoms with Gasteiger partial charge >= 0.3 is 17.4 Å². The molecule has 0 bridgehead atoms.